The Morgan fingerprint density at radius 1 is 1.32 bits per heavy atom. The van der Waals surface area contributed by atoms with Crippen LogP contribution in [0.2, 0.25) is 5.02 Å². The molecule has 1 heterocycles. The Morgan fingerprint density at radius 2 is 2.21 bits per heavy atom. The highest BCUT2D eigenvalue weighted by molar-refractivity contribution is 7.99. The molecule has 3 unspecified atom stereocenters. The van der Waals surface area contributed by atoms with Crippen LogP contribution in [0.25, 0.3) is 0 Å². The third kappa shape index (κ3) is 3.10. The summed E-state index contributed by atoms with van der Waals surface area (Å²) in [6, 6.07) is 7.32. The van der Waals surface area contributed by atoms with Crippen molar-refractivity contribution in [3.8, 4) is 0 Å². The Balaban J connectivity index is 1.71. The first-order chi connectivity index (χ1) is 9.26. The molecule has 0 bridgehead atoms. The SMILES string of the molecule is COC1CCC(NC2CCSc3ccc(Cl)cc32)C1. The van der Waals surface area contributed by atoms with Gasteiger partial charge in [-0.15, -0.1) is 11.8 Å². The summed E-state index contributed by atoms with van der Waals surface area (Å²) in [6.45, 7) is 0. The van der Waals surface area contributed by atoms with Gasteiger partial charge in [0, 0.05) is 29.1 Å². The number of rotatable bonds is 3. The van der Waals surface area contributed by atoms with Crippen LogP contribution in [0.15, 0.2) is 23.1 Å². The quantitative estimate of drug-likeness (QED) is 0.910. The second-order valence-electron chi connectivity index (χ2n) is 5.41. The number of benzene rings is 1. The topological polar surface area (TPSA) is 21.3 Å². The first kappa shape index (κ1) is 13.7. The number of fused-ring (bicyclic) bond motifs is 1. The van der Waals surface area contributed by atoms with E-state index in [1.54, 1.807) is 0 Å². The molecule has 104 valence electrons. The van der Waals surface area contributed by atoms with Gasteiger partial charge >= 0.3 is 0 Å². The Hall–Kier alpha value is -0.220. The molecule has 19 heavy (non-hydrogen) atoms. The summed E-state index contributed by atoms with van der Waals surface area (Å²) >= 11 is 8.09. The number of nitrogens with one attached hydrogen (secondary N) is 1. The van der Waals surface area contributed by atoms with E-state index in [2.05, 4.69) is 17.4 Å². The van der Waals surface area contributed by atoms with E-state index in [1.165, 1.54) is 35.5 Å². The van der Waals surface area contributed by atoms with Crippen LogP contribution in [0.1, 0.15) is 37.3 Å². The van der Waals surface area contributed by atoms with Crippen LogP contribution in [0.3, 0.4) is 0 Å². The van der Waals surface area contributed by atoms with Gasteiger partial charge in [0.15, 0.2) is 0 Å². The van der Waals surface area contributed by atoms with Crippen LogP contribution < -0.4 is 5.32 Å². The van der Waals surface area contributed by atoms with Crippen molar-refractivity contribution in [1.29, 1.82) is 0 Å². The minimum atomic E-state index is 0.439. The molecule has 1 saturated carbocycles. The van der Waals surface area contributed by atoms with Gasteiger partial charge in [0.05, 0.1) is 6.10 Å². The number of hydrogen-bond donors (Lipinski definition) is 1. The molecule has 0 amide bonds. The fraction of sp³-hybridized carbons (Fsp3) is 0.600. The van der Waals surface area contributed by atoms with E-state index in [0.29, 0.717) is 18.2 Å². The Bertz CT molecular complexity index is 454. The minimum absolute atomic E-state index is 0.439. The van der Waals surface area contributed by atoms with Crippen LogP contribution in [-0.2, 0) is 4.74 Å². The molecule has 1 fully saturated rings. The summed E-state index contributed by atoms with van der Waals surface area (Å²) in [7, 11) is 1.82. The fourth-order valence-electron chi connectivity index (χ4n) is 3.13. The molecule has 3 atom stereocenters. The normalized spacial score (nSPS) is 30.3. The highest BCUT2D eigenvalue weighted by Gasteiger charge is 2.28. The lowest BCUT2D eigenvalue weighted by Gasteiger charge is -2.29. The zero-order chi connectivity index (χ0) is 13.2. The molecule has 1 aromatic rings. The molecule has 0 radical (unpaired) electrons. The van der Waals surface area contributed by atoms with Crippen molar-refractivity contribution >= 4 is 23.4 Å². The molecule has 0 saturated heterocycles. The fourth-order valence-corrected chi connectivity index (χ4v) is 4.41. The van der Waals surface area contributed by atoms with Gasteiger partial charge in [-0.2, -0.15) is 0 Å². The largest absolute Gasteiger partial charge is 0.381 e. The maximum absolute atomic E-state index is 6.15. The molecule has 0 spiro atoms. The van der Waals surface area contributed by atoms with Crippen molar-refractivity contribution < 1.29 is 4.74 Å². The third-order valence-electron chi connectivity index (χ3n) is 4.17. The van der Waals surface area contributed by atoms with E-state index in [4.69, 9.17) is 16.3 Å². The first-order valence-electron chi connectivity index (χ1n) is 6.97. The second-order valence-corrected chi connectivity index (χ2v) is 6.98. The van der Waals surface area contributed by atoms with Crippen LogP contribution in [-0.4, -0.2) is 25.0 Å². The smallest absolute Gasteiger partial charge is 0.0586 e. The number of methoxy groups -OCH3 is 1. The van der Waals surface area contributed by atoms with Crippen molar-refractivity contribution in [3.05, 3.63) is 28.8 Å². The van der Waals surface area contributed by atoms with Gasteiger partial charge in [0.1, 0.15) is 0 Å². The van der Waals surface area contributed by atoms with Gasteiger partial charge < -0.3 is 10.1 Å². The van der Waals surface area contributed by atoms with Crippen LogP contribution >= 0.6 is 23.4 Å². The third-order valence-corrected chi connectivity index (χ3v) is 5.52. The van der Waals surface area contributed by atoms with Gasteiger partial charge in [-0.3, -0.25) is 0 Å². The van der Waals surface area contributed by atoms with Crippen LogP contribution in [0.5, 0.6) is 0 Å². The highest BCUT2D eigenvalue weighted by atomic mass is 35.5. The minimum Gasteiger partial charge on any atom is -0.381 e. The van der Waals surface area contributed by atoms with Gasteiger partial charge in [-0.05, 0) is 55.2 Å². The Morgan fingerprint density at radius 3 is 3.00 bits per heavy atom. The van der Waals surface area contributed by atoms with Crippen molar-refractivity contribution in [2.45, 2.75) is 48.8 Å². The molecule has 1 aromatic carbocycles. The number of thioether (sulfide) groups is 1. The lowest BCUT2D eigenvalue weighted by Crippen LogP contribution is -2.33. The summed E-state index contributed by atoms with van der Waals surface area (Å²) in [5.74, 6) is 1.19. The van der Waals surface area contributed by atoms with E-state index in [9.17, 15) is 0 Å². The van der Waals surface area contributed by atoms with Crippen LogP contribution in [0, 0.1) is 0 Å². The molecular formula is C15H20ClNOS. The van der Waals surface area contributed by atoms with Crippen LogP contribution in [0.4, 0.5) is 0 Å². The molecular weight excluding hydrogens is 278 g/mol. The monoisotopic (exact) mass is 297 g/mol. The van der Waals surface area contributed by atoms with Crippen molar-refractivity contribution in [1.82, 2.24) is 5.32 Å². The molecule has 4 heteroatoms. The van der Waals surface area contributed by atoms with E-state index in [0.717, 1.165) is 11.4 Å². The maximum Gasteiger partial charge on any atom is 0.0586 e. The van der Waals surface area contributed by atoms with Gasteiger partial charge in [-0.25, -0.2) is 0 Å². The summed E-state index contributed by atoms with van der Waals surface area (Å²) in [5.41, 5.74) is 1.38. The zero-order valence-electron chi connectivity index (χ0n) is 11.2. The summed E-state index contributed by atoms with van der Waals surface area (Å²) in [5, 5.41) is 4.66. The van der Waals surface area contributed by atoms with Gasteiger partial charge in [0.25, 0.3) is 0 Å². The van der Waals surface area contributed by atoms with Crippen molar-refractivity contribution in [2.24, 2.45) is 0 Å². The standard InChI is InChI=1S/C15H20ClNOS/c1-18-12-4-3-11(9-12)17-14-6-7-19-15-5-2-10(16)8-13(14)15/h2,5,8,11-12,14,17H,3-4,6-7,9H2,1H3. The molecule has 3 rings (SSSR count). The number of hydrogen-bond acceptors (Lipinski definition) is 3. The summed E-state index contributed by atoms with van der Waals surface area (Å²) in [6.07, 6.45) is 5.16. The van der Waals surface area contributed by atoms with Gasteiger partial charge in [0.2, 0.25) is 0 Å². The summed E-state index contributed by atoms with van der Waals surface area (Å²) < 4.78 is 5.45. The lowest BCUT2D eigenvalue weighted by atomic mass is 10.0. The molecule has 1 aliphatic carbocycles. The molecule has 1 aliphatic heterocycles. The van der Waals surface area contributed by atoms with E-state index in [-0.39, 0.29) is 0 Å². The number of halogens is 1. The van der Waals surface area contributed by atoms with Crippen molar-refractivity contribution in [3.63, 3.8) is 0 Å². The summed E-state index contributed by atoms with van der Waals surface area (Å²) in [4.78, 5) is 1.38. The predicted molar refractivity (Wildman–Crippen MR) is 81.1 cm³/mol. The molecule has 2 aliphatic rings. The average molecular weight is 298 g/mol. The maximum atomic E-state index is 6.15. The Labute approximate surface area is 124 Å². The second kappa shape index (κ2) is 6.04. The highest BCUT2D eigenvalue weighted by Crippen LogP contribution is 2.38. The van der Waals surface area contributed by atoms with Crippen molar-refractivity contribution in [2.75, 3.05) is 12.9 Å². The Kier molecular flexibility index (Phi) is 4.37. The van der Waals surface area contributed by atoms with Gasteiger partial charge in [-0.1, -0.05) is 11.6 Å². The predicted octanol–water partition coefficient (Wildman–Crippen LogP) is 4.03. The van der Waals surface area contributed by atoms with E-state index < -0.39 is 0 Å². The molecule has 0 aromatic heterocycles. The average Bonchev–Trinajstić information content (AvgIpc) is 2.87. The van der Waals surface area contributed by atoms with E-state index >= 15 is 0 Å². The van der Waals surface area contributed by atoms with E-state index in [1.807, 2.05) is 24.9 Å². The molecule has 1 N–H and O–H groups in total. The number of ether oxygens (including phenoxy) is 1. The zero-order valence-corrected chi connectivity index (χ0v) is 12.8. The first-order valence-corrected chi connectivity index (χ1v) is 8.33. The molecule has 2 nitrogen and oxygen atoms in total. The lowest BCUT2D eigenvalue weighted by molar-refractivity contribution is 0.106.